The van der Waals surface area contributed by atoms with E-state index >= 15 is 0 Å². The van der Waals surface area contributed by atoms with E-state index in [1.54, 1.807) is 42.6 Å². The fourth-order valence-electron chi connectivity index (χ4n) is 3.89. The number of fused-ring (bicyclic) bond motifs is 1. The van der Waals surface area contributed by atoms with Gasteiger partial charge in [0.05, 0.1) is 6.21 Å². The molecular formula is C28H26ClFN4O2. The molecular weight excluding hydrogens is 479 g/mol. The van der Waals surface area contributed by atoms with Gasteiger partial charge in [-0.1, -0.05) is 55.8 Å². The van der Waals surface area contributed by atoms with Crippen molar-refractivity contribution in [3.05, 3.63) is 107 Å². The average Bonchev–Trinajstić information content (AvgIpc) is 3.21. The number of amides is 2. The molecule has 0 aliphatic carbocycles. The van der Waals surface area contributed by atoms with Gasteiger partial charge < -0.3 is 9.88 Å². The molecule has 6 nitrogen and oxygen atoms in total. The summed E-state index contributed by atoms with van der Waals surface area (Å²) in [6, 6.07) is 19.9. The number of nitrogens with one attached hydrogen (secondary N) is 2. The van der Waals surface area contributed by atoms with Crippen molar-refractivity contribution in [2.75, 3.05) is 0 Å². The number of benzene rings is 3. The molecule has 1 aromatic heterocycles. The first-order valence-electron chi connectivity index (χ1n) is 11.5. The number of hydrazone groups is 1. The monoisotopic (exact) mass is 504 g/mol. The lowest BCUT2D eigenvalue weighted by molar-refractivity contribution is -0.123. The predicted molar refractivity (Wildman–Crippen MR) is 141 cm³/mol. The van der Waals surface area contributed by atoms with Crippen molar-refractivity contribution in [1.82, 2.24) is 15.3 Å². The number of carbonyl (C=O) groups excluding carboxylic acids is 2. The maximum Gasteiger partial charge on any atom is 0.262 e. The Morgan fingerprint density at radius 3 is 2.42 bits per heavy atom. The molecule has 3 aromatic carbocycles. The number of rotatable bonds is 8. The summed E-state index contributed by atoms with van der Waals surface area (Å²) in [4.78, 5) is 25.4. The van der Waals surface area contributed by atoms with Crippen molar-refractivity contribution in [1.29, 1.82) is 0 Å². The summed E-state index contributed by atoms with van der Waals surface area (Å²) >= 11 is 5.89. The van der Waals surface area contributed by atoms with E-state index in [-0.39, 0.29) is 17.6 Å². The molecule has 8 heteroatoms. The number of aromatic nitrogens is 1. The summed E-state index contributed by atoms with van der Waals surface area (Å²) in [7, 11) is 0. The zero-order chi connectivity index (χ0) is 25.7. The van der Waals surface area contributed by atoms with Crippen LogP contribution < -0.4 is 10.7 Å². The smallest absolute Gasteiger partial charge is 0.262 e. The summed E-state index contributed by atoms with van der Waals surface area (Å²) < 4.78 is 15.3. The normalized spacial score (nSPS) is 12.2. The number of hydrogen-bond acceptors (Lipinski definition) is 3. The predicted octanol–water partition coefficient (Wildman–Crippen LogP) is 5.39. The van der Waals surface area contributed by atoms with Gasteiger partial charge in [0, 0.05) is 39.8 Å². The van der Waals surface area contributed by atoms with Crippen LogP contribution in [-0.4, -0.2) is 28.6 Å². The minimum atomic E-state index is -0.773. The summed E-state index contributed by atoms with van der Waals surface area (Å²) in [5, 5.41) is 8.42. The second kappa shape index (κ2) is 11.2. The van der Waals surface area contributed by atoms with Crippen molar-refractivity contribution in [3.8, 4) is 0 Å². The van der Waals surface area contributed by atoms with Crippen molar-refractivity contribution in [2.45, 2.75) is 26.4 Å². The van der Waals surface area contributed by atoms with Crippen LogP contribution in [0.15, 0.2) is 84.1 Å². The maximum absolute atomic E-state index is 13.3. The largest absolute Gasteiger partial charge is 0.342 e. The number of nitrogens with zero attached hydrogens (tertiary/aromatic N) is 2. The topological polar surface area (TPSA) is 75.5 Å². The van der Waals surface area contributed by atoms with Crippen LogP contribution in [0.2, 0.25) is 5.02 Å². The van der Waals surface area contributed by atoms with E-state index < -0.39 is 11.9 Å². The molecule has 0 saturated heterocycles. The van der Waals surface area contributed by atoms with Gasteiger partial charge in [-0.3, -0.25) is 9.59 Å². The van der Waals surface area contributed by atoms with Gasteiger partial charge in [-0.05, 0) is 53.9 Å². The molecule has 1 heterocycles. The Bertz CT molecular complexity index is 1400. The highest BCUT2D eigenvalue weighted by molar-refractivity contribution is 6.30. The van der Waals surface area contributed by atoms with Crippen LogP contribution in [0.25, 0.3) is 10.9 Å². The minimum absolute atomic E-state index is 0.158. The van der Waals surface area contributed by atoms with Crippen LogP contribution in [0, 0.1) is 11.7 Å². The van der Waals surface area contributed by atoms with Gasteiger partial charge in [0.1, 0.15) is 11.9 Å². The third-order valence-electron chi connectivity index (χ3n) is 5.81. The highest BCUT2D eigenvalue weighted by Crippen LogP contribution is 2.21. The molecule has 0 aliphatic rings. The molecule has 0 bridgehead atoms. The molecule has 2 amide bonds. The van der Waals surface area contributed by atoms with Gasteiger partial charge in [0.25, 0.3) is 11.8 Å². The lowest BCUT2D eigenvalue weighted by Gasteiger charge is -2.20. The zero-order valence-corrected chi connectivity index (χ0v) is 20.7. The van der Waals surface area contributed by atoms with E-state index in [1.165, 1.54) is 12.1 Å². The summed E-state index contributed by atoms with van der Waals surface area (Å²) in [6.45, 7) is 4.26. The van der Waals surface area contributed by atoms with Gasteiger partial charge in [0.15, 0.2) is 0 Å². The first kappa shape index (κ1) is 25.1. The Balaban J connectivity index is 1.47. The van der Waals surface area contributed by atoms with E-state index in [0.717, 1.165) is 22.0 Å². The first-order valence-corrected chi connectivity index (χ1v) is 11.9. The lowest BCUT2D eigenvalue weighted by Crippen LogP contribution is -2.48. The Morgan fingerprint density at radius 2 is 1.72 bits per heavy atom. The van der Waals surface area contributed by atoms with E-state index in [1.807, 2.05) is 44.3 Å². The SMILES string of the molecule is CC(C)C(NC(=O)c1ccc(Cl)cc1)C(=O)N/N=C\c1cn(Cc2ccc(F)cc2)c2ccccc12. The van der Waals surface area contributed by atoms with Crippen LogP contribution in [0.5, 0.6) is 0 Å². The molecule has 0 spiro atoms. The number of carbonyl (C=O) groups is 2. The molecule has 36 heavy (non-hydrogen) atoms. The average molecular weight is 505 g/mol. The fraction of sp³-hybridized carbons (Fsp3) is 0.179. The molecule has 4 aromatic rings. The Hall–Kier alpha value is -3.97. The van der Waals surface area contributed by atoms with Gasteiger partial charge in [-0.15, -0.1) is 0 Å². The van der Waals surface area contributed by atoms with Gasteiger partial charge in [-0.2, -0.15) is 5.10 Å². The van der Waals surface area contributed by atoms with Gasteiger partial charge >= 0.3 is 0 Å². The molecule has 0 aliphatic heterocycles. The van der Waals surface area contributed by atoms with Crippen molar-refractivity contribution in [2.24, 2.45) is 11.0 Å². The van der Waals surface area contributed by atoms with E-state index in [9.17, 15) is 14.0 Å². The molecule has 2 N–H and O–H groups in total. The molecule has 1 unspecified atom stereocenters. The summed E-state index contributed by atoms with van der Waals surface area (Å²) in [5.74, 6) is -1.22. The second-order valence-corrected chi connectivity index (χ2v) is 9.23. The first-order chi connectivity index (χ1) is 17.3. The van der Waals surface area contributed by atoms with Crippen LogP contribution in [-0.2, 0) is 11.3 Å². The number of hydrogen-bond donors (Lipinski definition) is 2. The van der Waals surface area contributed by atoms with Crippen LogP contribution in [0.3, 0.4) is 0 Å². The number of halogens is 2. The Labute approximate surface area is 213 Å². The van der Waals surface area contributed by atoms with Crippen LogP contribution in [0.4, 0.5) is 4.39 Å². The summed E-state index contributed by atoms with van der Waals surface area (Å²) in [5.41, 5.74) is 5.74. The summed E-state index contributed by atoms with van der Waals surface area (Å²) in [6.07, 6.45) is 3.52. The molecule has 0 fully saturated rings. The third kappa shape index (κ3) is 5.98. The van der Waals surface area contributed by atoms with Crippen LogP contribution >= 0.6 is 11.6 Å². The van der Waals surface area contributed by atoms with E-state index in [0.29, 0.717) is 17.1 Å². The third-order valence-corrected chi connectivity index (χ3v) is 6.06. The standard InChI is InChI=1S/C28H26ClFN4O2/c1-18(2)26(32-27(35)20-9-11-22(29)12-10-20)28(36)33-31-15-21-17-34(25-6-4-3-5-24(21)25)16-19-7-13-23(30)14-8-19/h3-15,17-18,26H,16H2,1-2H3,(H,32,35)(H,33,36)/b31-15-. The van der Waals surface area contributed by atoms with Crippen molar-refractivity contribution < 1.29 is 14.0 Å². The highest BCUT2D eigenvalue weighted by Gasteiger charge is 2.24. The van der Waals surface area contributed by atoms with Crippen molar-refractivity contribution in [3.63, 3.8) is 0 Å². The van der Waals surface area contributed by atoms with E-state index in [4.69, 9.17) is 11.6 Å². The van der Waals surface area contributed by atoms with Gasteiger partial charge in [0.2, 0.25) is 0 Å². The fourth-order valence-corrected chi connectivity index (χ4v) is 4.02. The molecule has 0 saturated carbocycles. The molecule has 0 radical (unpaired) electrons. The van der Waals surface area contributed by atoms with Gasteiger partial charge in [-0.25, -0.2) is 9.82 Å². The Kier molecular flexibility index (Phi) is 7.80. The molecule has 4 rings (SSSR count). The molecule has 1 atom stereocenters. The van der Waals surface area contributed by atoms with Crippen molar-refractivity contribution >= 4 is 40.5 Å². The minimum Gasteiger partial charge on any atom is -0.342 e. The Morgan fingerprint density at radius 1 is 1.03 bits per heavy atom. The highest BCUT2D eigenvalue weighted by atomic mass is 35.5. The second-order valence-electron chi connectivity index (χ2n) is 8.79. The molecule has 184 valence electrons. The zero-order valence-electron chi connectivity index (χ0n) is 19.9. The van der Waals surface area contributed by atoms with Crippen LogP contribution in [0.1, 0.15) is 35.3 Å². The quantitative estimate of drug-likeness (QED) is 0.249. The number of para-hydroxylation sites is 1. The lowest BCUT2D eigenvalue weighted by atomic mass is 10.0. The van der Waals surface area contributed by atoms with E-state index in [2.05, 4.69) is 20.4 Å². The maximum atomic E-state index is 13.3.